The van der Waals surface area contributed by atoms with Crippen LogP contribution in [0.5, 0.6) is 0 Å². The number of carbonyl (C=O) groups excluding carboxylic acids is 3. The Hall–Kier alpha value is -4.66. The average molecular weight is 573 g/mol. The molecule has 2 atom stereocenters. The van der Waals surface area contributed by atoms with Crippen molar-refractivity contribution in [3.63, 3.8) is 0 Å². The molecule has 0 fully saturated rings. The van der Waals surface area contributed by atoms with Gasteiger partial charge in [-0.25, -0.2) is 4.79 Å². The zero-order chi connectivity index (χ0) is 30.1. The molecule has 3 N–H and O–H groups in total. The van der Waals surface area contributed by atoms with Crippen molar-refractivity contribution in [2.24, 2.45) is 11.8 Å². The second-order valence-electron chi connectivity index (χ2n) is 10.7. The fraction of sp³-hybridized carbons (Fsp3) is 0.333. The van der Waals surface area contributed by atoms with Crippen molar-refractivity contribution >= 4 is 23.9 Å². The molecule has 1 aliphatic rings. The maximum absolute atomic E-state index is 13.2. The SMILES string of the molecule is CC(C)C(CNC(=O)[C@H](CC(=O)OCc1ccccc1)NC(=O)OCC1c2ccccc2-c2ccccc21)CC(=O)O. The summed E-state index contributed by atoms with van der Waals surface area (Å²) in [6.45, 7) is 3.87. The zero-order valence-corrected chi connectivity index (χ0v) is 23.7. The van der Waals surface area contributed by atoms with Gasteiger partial charge in [0.15, 0.2) is 0 Å². The van der Waals surface area contributed by atoms with Crippen LogP contribution in [0.15, 0.2) is 78.9 Å². The van der Waals surface area contributed by atoms with Crippen molar-refractivity contribution in [2.75, 3.05) is 13.2 Å². The van der Waals surface area contributed by atoms with E-state index in [1.54, 1.807) is 12.1 Å². The van der Waals surface area contributed by atoms with Crippen LogP contribution in [0.2, 0.25) is 0 Å². The Bertz CT molecular complexity index is 1360. The van der Waals surface area contributed by atoms with E-state index in [0.717, 1.165) is 27.8 Å². The first-order chi connectivity index (χ1) is 20.2. The van der Waals surface area contributed by atoms with Gasteiger partial charge in [0.2, 0.25) is 5.91 Å². The van der Waals surface area contributed by atoms with E-state index in [1.165, 1.54) is 0 Å². The first kappa shape index (κ1) is 30.3. The molecule has 0 heterocycles. The van der Waals surface area contributed by atoms with Crippen molar-refractivity contribution < 1.29 is 33.8 Å². The minimum Gasteiger partial charge on any atom is -0.481 e. The minimum absolute atomic E-state index is 0.00854. The molecule has 0 saturated carbocycles. The first-order valence-corrected chi connectivity index (χ1v) is 14.0. The molecule has 0 bridgehead atoms. The largest absolute Gasteiger partial charge is 0.481 e. The quantitative estimate of drug-likeness (QED) is 0.249. The van der Waals surface area contributed by atoms with E-state index >= 15 is 0 Å². The molecule has 0 aromatic heterocycles. The summed E-state index contributed by atoms with van der Waals surface area (Å²) in [5.41, 5.74) is 5.04. The highest BCUT2D eigenvalue weighted by molar-refractivity contribution is 5.89. The molecular formula is C33H36N2O7. The van der Waals surface area contributed by atoms with E-state index in [9.17, 15) is 24.3 Å². The number of alkyl carbamates (subject to hydrolysis) is 1. The molecule has 3 aromatic rings. The lowest BCUT2D eigenvalue weighted by Crippen LogP contribution is -2.49. The molecule has 0 radical (unpaired) electrons. The predicted octanol–water partition coefficient (Wildman–Crippen LogP) is 4.89. The molecule has 0 saturated heterocycles. The summed E-state index contributed by atoms with van der Waals surface area (Å²) < 4.78 is 10.9. The number of rotatable bonds is 13. The highest BCUT2D eigenvalue weighted by Gasteiger charge is 2.31. The summed E-state index contributed by atoms with van der Waals surface area (Å²) in [7, 11) is 0. The lowest BCUT2D eigenvalue weighted by Gasteiger charge is -2.23. The summed E-state index contributed by atoms with van der Waals surface area (Å²) in [6, 6.07) is 23.7. The molecule has 1 aliphatic carbocycles. The number of aliphatic carboxylic acids is 1. The number of fused-ring (bicyclic) bond motifs is 3. The first-order valence-electron chi connectivity index (χ1n) is 14.0. The summed E-state index contributed by atoms with van der Waals surface area (Å²) in [4.78, 5) is 50.0. The molecule has 0 aliphatic heterocycles. The Labute approximate surface area is 245 Å². The van der Waals surface area contributed by atoms with Crippen LogP contribution in [0.4, 0.5) is 4.79 Å². The van der Waals surface area contributed by atoms with Crippen LogP contribution in [0.1, 0.15) is 49.3 Å². The number of nitrogens with one attached hydrogen (secondary N) is 2. The van der Waals surface area contributed by atoms with Crippen molar-refractivity contribution in [3.05, 3.63) is 95.6 Å². The molecule has 3 aromatic carbocycles. The molecule has 2 amide bonds. The molecule has 9 nitrogen and oxygen atoms in total. The number of esters is 1. The summed E-state index contributed by atoms with van der Waals surface area (Å²) >= 11 is 0. The Balaban J connectivity index is 1.41. The van der Waals surface area contributed by atoms with E-state index in [2.05, 4.69) is 10.6 Å². The van der Waals surface area contributed by atoms with E-state index in [1.807, 2.05) is 80.6 Å². The van der Waals surface area contributed by atoms with Crippen LogP contribution in [-0.4, -0.2) is 48.2 Å². The third-order valence-corrected chi connectivity index (χ3v) is 7.48. The number of carboxylic acids is 1. The Morgan fingerprint density at radius 3 is 2.00 bits per heavy atom. The van der Waals surface area contributed by atoms with Crippen LogP contribution in [-0.2, 0) is 30.5 Å². The van der Waals surface area contributed by atoms with E-state index < -0.39 is 36.4 Å². The molecule has 1 unspecified atom stereocenters. The third kappa shape index (κ3) is 7.96. The summed E-state index contributed by atoms with van der Waals surface area (Å²) in [5, 5.41) is 14.4. The van der Waals surface area contributed by atoms with Crippen LogP contribution < -0.4 is 10.6 Å². The second-order valence-corrected chi connectivity index (χ2v) is 10.7. The second kappa shape index (κ2) is 14.3. The maximum atomic E-state index is 13.2. The number of carbonyl (C=O) groups is 4. The van der Waals surface area contributed by atoms with E-state index in [-0.39, 0.29) is 43.9 Å². The predicted molar refractivity (Wildman–Crippen MR) is 156 cm³/mol. The Morgan fingerprint density at radius 1 is 0.810 bits per heavy atom. The molecule has 9 heteroatoms. The topological polar surface area (TPSA) is 131 Å². The number of amides is 2. The number of ether oxygens (including phenoxy) is 2. The van der Waals surface area contributed by atoms with Crippen molar-refractivity contribution in [1.29, 1.82) is 0 Å². The lowest BCUT2D eigenvalue weighted by molar-refractivity contribution is -0.147. The summed E-state index contributed by atoms with van der Waals surface area (Å²) in [5.74, 6) is -2.78. The van der Waals surface area contributed by atoms with Crippen molar-refractivity contribution in [3.8, 4) is 11.1 Å². The number of carboxylic acid groups (broad SMARTS) is 1. The minimum atomic E-state index is -1.28. The third-order valence-electron chi connectivity index (χ3n) is 7.48. The average Bonchev–Trinajstić information content (AvgIpc) is 3.30. The van der Waals surface area contributed by atoms with Gasteiger partial charge in [0, 0.05) is 12.5 Å². The van der Waals surface area contributed by atoms with Crippen molar-refractivity contribution in [1.82, 2.24) is 10.6 Å². The van der Waals surface area contributed by atoms with Gasteiger partial charge in [-0.15, -0.1) is 0 Å². The van der Waals surface area contributed by atoms with Gasteiger partial charge in [0.05, 0.1) is 12.8 Å². The molecule has 4 rings (SSSR count). The summed E-state index contributed by atoms with van der Waals surface area (Å²) in [6.07, 6.45) is -1.39. The monoisotopic (exact) mass is 572 g/mol. The Morgan fingerprint density at radius 2 is 1.40 bits per heavy atom. The maximum Gasteiger partial charge on any atom is 0.407 e. The van der Waals surface area contributed by atoms with Crippen LogP contribution >= 0.6 is 0 Å². The molecular weight excluding hydrogens is 536 g/mol. The van der Waals surface area contributed by atoms with Crippen LogP contribution in [0, 0.1) is 11.8 Å². The number of hydrogen-bond acceptors (Lipinski definition) is 6. The Kier molecular flexibility index (Phi) is 10.3. The number of benzene rings is 3. The fourth-order valence-corrected chi connectivity index (χ4v) is 5.08. The number of hydrogen-bond donors (Lipinski definition) is 3. The normalized spacial score (nSPS) is 13.4. The fourth-order valence-electron chi connectivity index (χ4n) is 5.08. The van der Waals surface area contributed by atoms with Gasteiger partial charge < -0.3 is 25.2 Å². The molecule has 0 spiro atoms. The van der Waals surface area contributed by atoms with Crippen LogP contribution in [0.25, 0.3) is 11.1 Å². The van der Waals surface area contributed by atoms with Gasteiger partial charge in [-0.1, -0.05) is 92.7 Å². The van der Waals surface area contributed by atoms with Gasteiger partial charge in [0.1, 0.15) is 19.3 Å². The highest BCUT2D eigenvalue weighted by atomic mass is 16.5. The van der Waals surface area contributed by atoms with Gasteiger partial charge in [0.25, 0.3) is 0 Å². The smallest absolute Gasteiger partial charge is 0.407 e. The zero-order valence-electron chi connectivity index (χ0n) is 23.7. The van der Waals surface area contributed by atoms with E-state index in [4.69, 9.17) is 9.47 Å². The van der Waals surface area contributed by atoms with Gasteiger partial charge in [-0.05, 0) is 39.7 Å². The molecule has 220 valence electrons. The highest BCUT2D eigenvalue weighted by Crippen LogP contribution is 2.44. The van der Waals surface area contributed by atoms with Gasteiger partial charge in [-0.3, -0.25) is 14.4 Å². The van der Waals surface area contributed by atoms with Gasteiger partial charge >= 0.3 is 18.0 Å². The van der Waals surface area contributed by atoms with Crippen molar-refractivity contribution in [2.45, 2.75) is 45.3 Å². The van der Waals surface area contributed by atoms with E-state index in [0.29, 0.717) is 0 Å². The lowest BCUT2D eigenvalue weighted by atomic mass is 9.92. The van der Waals surface area contributed by atoms with Crippen LogP contribution in [0.3, 0.4) is 0 Å². The standard InChI is InChI=1S/C33H36N2O7/c1-21(2)23(16-30(36)37)18-34-32(39)29(17-31(38)41-19-22-10-4-3-5-11-22)35-33(40)42-20-28-26-14-8-6-12-24(26)25-13-7-9-15-27(25)28/h3-15,21,23,28-29H,16-20H2,1-2H3,(H,34,39)(H,35,40)(H,36,37)/t23?,29-/m0/s1. The van der Waals surface area contributed by atoms with Gasteiger partial charge in [-0.2, -0.15) is 0 Å². The molecule has 42 heavy (non-hydrogen) atoms.